The molecule has 0 atom stereocenters. The molecule has 2 aromatic heterocycles. The Balaban J connectivity index is 1.27. The molecular weight excluding hydrogens is 533 g/mol. The number of nitrogens with one attached hydrogen (secondary N) is 1. The Morgan fingerprint density at radius 3 is 2.57 bits per heavy atom. The van der Waals surface area contributed by atoms with Crippen LogP contribution < -0.4 is 15.8 Å². The molecule has 2 N–H and O–H groups in total. The number of fused-ring (bicyclic) bond motifs is 4. The zero-order valence-electron chi connectivity index (χ0n) is 23.9. The maximum Gasteiger partial charge on any atom is 0.274 e. The summed E-state index contributed by atoms with van der Waals surface area (Å²) in [6, 6.07) is 12.5. The van der Waals surface area contributed by atoms with E-state index in [0.29, 0.717) is 46.8 Å². The largest absolute Gasteiger partial charge is 0.392 e. The number of rotatable bonds is 5. The van der Waals surface area contributed by atoms with E-state index in [1.807, 2.05) is 12.1 Å². The van der Waals surface area contributed by atoms with Crippen LogP contribution in [0.15, 0.2) is 53.5 Å². The van der Waals surface area contributed by atoms with E-state index in [1.54, 1.807) is 24.2 Å². The third kappa shape index (κ3) is 4.44. The van der Waals surface area contributed by atoms with E-state index in [4.69, 9.17) is 0 Å². The van der Waals surface area contributed by atoms with Crippen molar-refractivity contribution >= 4 is 23.0 Å². The highest BCUT2D eigenvalue weighted by Crippen LogP contribution is 2.37. The lowest BCUT2D eigenvalue weighted by Gasteiger charge is -2.31. The van der Waals surface area contributed by atoms with Gasteiger partial charge in [0.15, 0.2) is 0 Å². The second kappa shape index (κ2) is 10.3. The highest BCUT2D eigenvalue weighted by atomic mass is 19.1. The van der Waals surface area contributed by atoms with Gasteiger partial charge in [0, 0.05) is 61.9 Å². The fourth-order valence-electron chi connectivity index (χ4n) is 6.90. The normalized spacial score (nSPS) is 16.4. The highest BCUT2D eigenvalue weighted by molar-refractivity contribution is 6.07. The van der Waals surface area contributed by atoms with E-state index in [9.17, 15) is 14.7 Å². The average Bonchev–Trinajstić information content (AvgIpc) is 3.55. The lowest BCUT2D eigenvalue weighted by Crippen LogP contribution is -2.41. The summed E-state index contributed by atoms with van der Waals surface area (Å²) in [6.45, 7) is 2.36. The second-order valence-corrected chi connectivity index (χ2v) is 11.8. The molecule has 4 aromatic rings. The number of carbonyl (C=O) groups is 1. The molecule has 8 nitrogen and oxygen atoms in total. The summed E-state index contributed by atoms with van der Waals surface area (Å²) < 4.78 is 18.8. The number of aliphatic hydroxyl groups is 1. The van der Waals surface area contributed by atoms with Gasteiger partial charge in [-0.3, -0.25) is 14.5 Å². The highest BCUT2D eigenvalue weighted by Gasteiger charge is 2.32. The molecule has 3 aliphatic rings. The van der Waals surface area contributed by atoms with Crippen molar-refractivity contribution in [1.29, 1.82) is 0 Å². The number of nitrogens with zero attached hydrogens (tertiary/aromatic N) is 4. The molecule has 216 valence electrons. The maximum atomic E-state index is 15.3. The molecule has 1 amide bonds. The third-order valence-corrected chi connectivity index (χ3v) is 8.92. The monoisotopic (exact) mass is 567 g/mol. The topological polar surface area (TPSA) is 82.7 Å². The van der Waals surface area contributed by atoms with Gasteiger partial charge in [0.25, 0.3) is 11.5 Å². The van der Waals surface area contributed by atoms with Gasteiger partial charge in [-0.1, -0.05) is 6.07 Å². The molecule has 0 bridgehead atoms. The molecule has 0 unspecified atom stereocenters. The first-order valence-corrected chi connectivity index (χ1v) is 14.6. The van der Waals surface area contributed by atoms with Crippen molar-refractivity contribution in [3.8, 4) is 11.1 Å². The summed E-state index contributed by atoms with van der Waals surface area (Å²) in [5.41, 5.74) is 8.29. The Labute approximate surface area is 243 Å². The number of anilines is 3. The number of hydrogen-bond donors (Lipinski definition) is 2. The van der Waals surface area contributed by atoms with E-state index >= 15 is 4.39 Å². The van der Waals surface area contributed by atoms with Crippen LogP contribution in [-0.4, -0.2) is 38.6 Å². The van der Waals surface area contributed by atoms with Crippen molar-refractivity contribution in [3.63, 3.8) is 0 Å². The molecule has 0 saturated carbocycles. The van der Waals surface area contributed by atoms with Crippen LogP contribution in [0.3, 0.4) is 0 Å². The van der Waals surface area contributed by atoms with Gasteiger partial charge in [-0.2, -0.15) is 0 Å². The molecule has 7 rings (SSSR count). The predicted octanol–water partition coefficient (Wildman–Crippen LogP) is 4.71. The van der Waals surface area contributed by atoms with Crippen LogP contribution in [0.2, 0.25) is 0 Å². The number of aliphatic hydroxyl groups excluding tert-OH is 1. The molecule has 42 heavy (non-hydrogen) atoms. The number of pyridine rings is 1. The fraction of sp³-hybridized carbons (Fsp3) is 0.333. The first-order chi connectivity index (χ1) is 20.3. The number of amides is 1. The molecule has 0 saturated heterocycles. The molecule has 2 aliphatic heterocycles. The fourth-order valence-corrected chi connectivity index (χ4v) is 6.90. The lowest BCUT2D eigenvalue weighted by atomic mass is 9.97. The number of halogens is 1. The van der Waals surface area contributed by atoms with Gasteiger partial charge in [-0.05, 0) is 91.4 Å². The van der Waals surface area contributed by atoms with Crippen LogP contribution in [0.4, 0.5) is 21.5 Å². The summed E-state index contributed by atoms with van der Waals surface area (Å²) in [5.74, 6) is -0.705. The molecular formula is C33H34FN5O3. The SMILES string of the molecule is CN1Cc2ccc(Nc3cc(-c4cc(F)cc(N5CCn6c(cc7c6CCCC7)C5=O)c4CO)cn(C)c3=O)cc2C1. The van der Waals surface area contributed by atoms with Crippen LogP contribution >= 0.6 is 0 Å². The Bertz CT molecular complexity index is 1810. The zero-order valence-corrected chi connectivity index (χ0v) is 23.9. The third-order valence-electron chi connectivity index (χ3n) is 8.92. The molecule has 1 aliphatic carbocycles. The van der Waals surface area contributed by atoms with E-state index in [-0.39, 0.29) is 11.5 Å². The summed E-state index contributed by atoms with van der Waals surface area (Å²) in [7, 11) is 3.72. The maximum absolute atomic E-state index is 15.3. The minimum Gasteiger partial charge on any atom is -0.392 e. The molecule has 0 fully saturated rings. The second-order valence-electron chi connectivity index (χ2n) is 11.8. The number of hydrogen-bond acceptors (Lipinski definition) is 5. The van der Waals surface area contributed by atoms with Crippen molar-refractivity contribution in [3.05, 3.63) is 98.5 Å². The van der Waals surface area contributed by atoms with Gasteiger partial charge < -0.3 is 24.5 Å². The van der Waals surface area contributed by atoms with E-state index in [0.717, 1.165) is 44.5 Å². The summed E-state index contributed by atoms with van der Waals surface area (Å²) in [5, 5.41) is 13.8. The van der Waals surface area contributed by atoms with E-state index in [2.05, 4.69) is 34.0 Å². The Morgan fingerprint density at radius 2 is 1.74 bits per heavy atom. The number of carbonyl (C=O) groups excluding carboxylic acids is 1. The molecule has 0 spiro atoms. The number of benzene rings is 2. The van der Waals surface area contributed by atoms with Gasteiger partial charge in [0.1, 0.15) is 17.2 Å². The zero-order chi connectivity index (χ0) is 29.1. The van der Waals surface area contributed by atoms with Crippen molar-refractivity contribution < 1.29 is 14.3 Å². The molecule has 4 heterocycles. The van der Waals surface area contributed by atoms with Gasteiger partial charge >= 0.3 is 0 Å². The summed E-state index contributed by atoms with van der Waals surface area (Å²) >= 11 is 0. The van der Waals surface area contributed by atoms with Crippen molar-refractivity contribution in [1.82, 2.24) is 14.0 Å². The van der Waals surface area contributed by atoms with E-state index < -0.39 is 12.4 Å². The van der Waals surface area contributed by atoms with Crippen LogP contribution in [-0.2, 0) is 46.1 Å². The van der Waals surface area contributed by atoms with E-state index in [1.165, 1.54) is 39.1 Å². The lowest BCUT2D eigenvalue weighted by molar-refractivity contribution is 0.0964. The number of aryl methyl sites for hydroxylation is 2. The minimum absolute atomic E-state index is 0.188. The van der Waals surface area contributed by atoms with Crippen molar-refractivity contribution in [2.45, 2.75) is 51.9 Å². The summed E-state index contributed by atoms with van der Waals surface area (Å²) in [6.07, 6.45) is 5.83. The standard InChI is InChI=1S/C33H34FN5O3/c1-36-16-21-7-8-25(11-22(21)17-36)35-28-12-23(18-37(2)32(28)41)26-14-24(34)15-30(27(26)19-40)39-10-9-38-29-6-4-3-5-20(29)13-31(38)33(39)42/h7-8,11-15,18,35,40H,3-6,9-10,16-17,19H2,1-2H3. The van der Waals surface area contributed by atoms with Crippen LogP contribution in [0.5, 0.6) is 0 Å². The minimum atomic E-state index is -0.517. The Hall–Kier alpha value is -4.21. The van der Waals surface area contributed by atoms with Gasteiger partial charge in [0.05, 0.1) is 12.3 Å². The van der Waals surface area contributed by atoms with Gasteiger partial charge in [-0.25, -0.2) is 4.39 Å². The predicted molar refractivity (Wildman–Crippen MR) is 161 cm³/mol. The first kappa shape index (κ1) is 26.7. The van der Waals surface area contributed by atoms with Crippen LogP contribution in [0.25, 0.3) is 11.1 Å². The molecule has 2 aromatic carbocycles. The molecule has 9 heteroatoms. The Kier molecular flexibility index (Phi) is 6.51. The number of aromatic nitrogens is 2. The first-order valence-electron chi connectivity index (χ1n) is 14.6. The Morgan fingerprint density at radius 1 is 0.929 bits per heavy atom. The summed E-state index contributed by atoms with van der Waals surface area (Å²) in [4.78, 5) is 30.7. The van der Waals surface area contributed by atoms with Crippen molar-refractivity contribution in [2.24, 2.45) is 7.05 Å². The smallest absolute Gasteiger partial charge is 0.274 e. The quantitative estimate of drug-likeness (QED) is 0.365. The average molecular weight is 568 g/mol. The van der Waals surface area contributed by atoms with Gasteiger partial charge in [0.2, 0.25) is 0 Å². The van der Waals surface area contributed by atoms with Crippen molar-refractivity contribution in [2.75, 3.05) is 23.8 Å². The molecule has 0 radical (unpaired) electrons. The van der Waals surface area contributed by atoms with Crippen LogP contribution in [0, 0.1) is 5.82 Å². The van der Waals surface area contributed by atoms with Crippen LogP contribution in [0.1, 0.15) is 51.3 Å². The van der Waals surface area contributed by atoms with Gasteiger partial charge in [-0.15, -0.1) is 0 Å².